The molecule has 2 heterocycles. The zero-order chi connectivity index (χ0) is 13.2. The normalized spacial score (nSPS) is 10.8. The van der Waals surface area contributed by atoms with Crippen LogP contribution in [0.3, 0.4) is 0 Å². The van der Waals surface area contributed by atoms with Gasteiger partial charge in [-0.05, 0) is 30.3 Å². The number of carbonyl (C=O) groups excluding carboxylic acids is 1. The van der Waals surface area contributed by atoms with Gasteiger partial charge < -0.3 is 9.32 Å². The first-order valence-electron chi connectivity index (χ1n) is 5.82. The van der Waals surface area contributed by atoms with E-state index < -0.39 is 0 Å². The van der Waals surface area contributed by atoms with Gasteiger partial charge in [-0.2, -0.15) is 15.4 Å². The number of nitrogens with zero attached hydrogens (tertiary/aromatic N) is 3. The molecule has 0 saturated carbocycles. The van der Waals surface area contributed by atoms with Crippen LogP contribution in [0.15, 0.2) is 41.0 Å². The van der Waals surface area contributed by atoms with Crippen LogP contribution in [0.5, 0.6) is 0 Å². The second-order valence-electron chi connectivity index (χ2n) is 4.27. The van der Waals surface area contributed by atoms with Crippen LogP contribution >= 0.6 is 0 Å². The zero-order valence-corrected chi connectivity index (χ0v) is 10.3. The maximum Gasteiger partial charge on any atom is 0.254 e. The van der Waals surface area contributed by atoms with Gasteiger partial charge in [-0.15, -0.1) is 0 Å². The highest BCUT2D eigenvalue weighted by Gasteiger charge is 2.14. The van der Waals surface area contributed by atoms with Crippen molar-refractivity contribution in [3.05, 3.63) is 47.9 Å². The van der Waals surface area contributed by atoms with Gasteiger partial charge in [-0.25, -0.2) is 0 Å². The van der Waals surface area contributed by atoms with Gasteiger partial charge in [0.25, 0.3) is 5.91 Å². The summed E-state index contributed by atoms with van der Waals surface area (Å²) in [6.07, 6.45) is 1.59. The summed E-state index contributed by atoms with van der Waals surface area (Å²) >= 11 is 0. The predicted octanol–water partition coefficient (Wildman–Crippen LogP) is 1.82. The van der Waals surface area contributed by atoms with Crippen LogP contribution < -0.4 is 0 Å². The fourth-order valence-corrected chi connectivity index (χ4v) is 1.90. The Bertz CT molecular complexity index is 702. The Morgan fingerprint density at radius 3 is 2.95 bits per heavy atom. The minimum Gasteiger partial charge on any atom is -0.467 e. The third-order valence-electron chi connectivity index (χ3n) is 2.88. The Balaban J connectivity index is 1.82. The fourth-order valence-electron chi connectivity index (χ4n) is 1.90. The number of carbonyl (C=O) groups is 1. The average Bonchev–Trinajstić information content (AvgIpc) is 3.07. The highest BCUT2D eigenvalue weighted by atomic mass is 16.3. The van der Waals surface area contributed by atoms with Crippen molar-refractivity contribution in [3.63, 3.8) is 0 Å². The van der Waals surface area contributed by atoms with Gasteiger partial charge in [0, 0.05) is 12.6 Å². The summed E-state index contributed by atoms with van der Waals surface area (Å²) < 4.78 is 5.23. The Morgan fingerprint density at radius 1 is 1.32 bits per heavy atom. The molecular weight excluding hydrogens is 244 g/mol. The zero-order valence-electron chi connectivity index (χ0n) is 10.3. The molecule has 0 aliphatic rings. The molecule has 1 N–H and O–H groups in total. The van der Waals surface area contributed by atoms with Crippen LogP contribution in [-0.4, -0.2) is 33.3 Å². The van der Waals surface area contributed by atoms with Crippen molar-refractivity contribution in [3.8, 4) is 0 Å². The number of H-pyrrole nitrogens is 1. The third-order valence-corrected chi connectivity index (χ3v) is 2.88. The van der Waals surface area contributed by atoms with Crippen molar-refractivity contribution in [1.29, 1.82) is 0 Å². The number of rotatable bonds is 3. The molecule has 0 spiro atoms. The molecule has 3 rings (SSSR count). The molecule has 6 nitrogen and oxygen atoms in total. The molecule has 6 heteroatoms. The van der Waals surface area contributed by atoms with E-state index in [1.54, 1.807) is 42.5 Å². The number of benzene rings is 1. The number of aromatic amines is 1. The summed E-state index contributed by atoms with van der Waals surface area (Å²) in [5, 5.41) is 10.4. The van der Waals surface area contributed by atoms with Gasteiger partial charge in [-0.3, -0.25) is 4.79 Å². The number of hydrogen-bond donors (Lipinski definition) is 1. The van der Waals surface area contributed by atoms with Crippen molar-refractivity contribution in [2.75, 3.05) is 7.05 Å². The molecule has 0 fully saturated rings. The van der Waals surface area contributed by atoms with Gasteiger partial charge in [0.05, 0.1) is 12.8 Å². The first-order chi connectivity index (χ1) is 9.24. The van der Waals surface area contributed by atoms with Crippen molar-refractivity contribution in [1.82, 2.24) is 20.3 Å². The average molecular weight is 256 g/mol. The number of hydrogen-bond acceptors (Lipinski definition) is 4. The summed E-state index contributed by atoms with van der Waals surface area (Å²) in [6.45, 7) is 0.433. The highest BCUT2D eigenvalue weighted by Crippen LogP contribution is 2.13. The summed E-state index contributed by atoms with van der Waals surface area (Å²) in [5.41, 5.74) is 2.00. The quantitative estimate of drug-likeness (QED) is 0.775. The third kappa shape index (κ3) is 2.20. The lowest BCUT2D eigenvalue weighted by atomic mass is 10.2. The van der Waals surface area contributed by atoms with Crippen LogP contribution in [0.1, 0.15) is 16.1 Å². The van der Waals surface area contributed by atoms with Crippen LogP contribution in [0.25, 0.3) is 11.0 Å². The lowest BCUT2D eigenvalue weighted by molar-refractivity contribution is 0.0775. The Kier molecular flexibility index (Phi) is 2.75. The standard InChI is InChI=1S/C13H12N4O2/c1-17(8-10-3-2-6-19-10)13(18)9-4-5-11-12(7-9)15-16-14-11/h2-7H,8H2,1H3,(H,14,15,16). The van der Waals surface area contributed by atoms with Crippen molar-refractivity contribution >= 4 is 16.9 Å². The minimum absolute atomic E-state index is 0.0821. The molecule has 2 aromatic heterocycles. The van der Waals surface area contributed by atoms with E-state index in [1.807, 2.05) is 6.07 Å². The van der Waals surface area contributed by atoms with E-state index in [4.69, 9.17) is 4.42 Å². The van der Waals surface area contributed by atoms with Crippen molar-refractivity contribution < 1.29 is 9.21 Å². The largest absolute Gasteiger partial charge is 0.467 e. The molecule has 0 unspecified atom stereocenters. The molecule has 0 radical (unpaired) electrons. The van der Waals surface area contributed by atoms with E-state index in [0.717, 1.165) is 11.3 Å². The molecule has 0 bridgehead atoms. The number of aromatic nitrogens is 3. The van der Waals surface area contributed by atoms with Gasteiger partial charge in [-0.1, -0.05) is 0 Å². The maximum absolute atomic E-state index is 12.3. The summed E-state index contributed by atoms with van der Waals surface area (Å²) in [6, 6.07) is 8.87. The second kappa shape index (κ2) is 4.56. The summed E-state index contributed by atoms with van der Waals surface area (Å²) in [4.78, 5) is 13.9. The van der Waals surface area contributed by atoms with Crippen molar-refractivity contribution in [2.45, 2.75) is 6.54 Å². The molecule has 0 saturated heterocycles. The Morgan fingerprint density at radius 2 is 2.16 bits per heavy atom. The molecule has 0 aliphatic heterocycles. The summed E-state index contributed by atoms with van der Waals surface area (Å²) in [7, 11) is 1.73. The van der Waals surface area contributed by atoms with E-state index in [-0.39, 0.29) is 5.91 Å². The van der Waals surface area contributed by atoms with E-state index >= 15 is 0 Å². The number of fused-ring (bicyclic) bond motifs is 1. The second-order valence-corrected chi connectivity index (χ2v) is 4.27. The van der Waals surface area contributed by atoms with Crippen LogP contribution in [-0.2, 0) is 6.54 Å². The van der Waals surface area contributed by atoms with E-state index in [9.17, 15) is 4.79 Å². The van der Waals surface area contributed by atoms with Crippen LogP contribution in [0.4, 0.5) is 0 Å². The highest BCUT2D eigenvalue weighted by molar-refractivity contribution is 5.97. The first kappa shape index (κ1) is 11.5. The van der Waals surface area contributed by atoms with Crippen LogP contribution in [0.2, 0.25) is 0 Å². The topological polar surface area (TPSA) is 75.0 Å². The monoisotopic (exact) mass is 256 g/mol. The van der Waals surface area contributed by atoms with Crippen LogP contribution in [0, 0.1) is 0 Å². The van der Waals surface area contributed by atoms with Gasteiger partial charge in [0.15, 0.2) is 0 Å². The molecular formula is C13H12N4O2. The Labute approximate surface area is 109 Å². The molecule has 96 valence electrons. The van der Waals surface area contributed by atoms with E-state index in [2.05, 4.69) is 15.4 Å². The van der Waals surface area contributed by atoms with Gasteiger partial charge in [0.1, 0.15) is 16.8 Å². The van der Waals surface area contributed by atoms with Gasteiger partial charge >= 0.3 is 0 Å². The molecule has 19 heavy (non-hydrogen) atoms. The molecule has 1 amide bonds. The van der Waals surface area contributed by atoms with Gasteiger partial charge in [0.2, 0.25) is 0 Å². The maximum atomic E-state index is 12.3. The fraction of sp³-hybridized carbons (Fsp3) is 0.154. The van der Waals surface area contributed by atoms with E-state index in [1.165, 1.54) is 0 Å². The van der Waals surface area contributed by atoms with E-state index in [0.29, 0.717) is 17.6 Å². The summed E-state index contributed by atoms with van der Waals surface area (Å²) in [5.74, 6) is 0.666. The molecule has 0 atom stereocenters. The number of amides is 1. The number of nitrogens with one attached hydrogen (secondary N) is 1. The first-order valence-corrected chi connectivity index (χ1v) is 5.82. The smallest absolute Gasteiger partial charge is 0.254 e. The SMILES string of the molecule is CN(Cc1ccco1)C(=O)c1ccc2n[nH]nc2c1. The predicted molar refractivity (Wildman–Crippen MR) is 68.4 cm³/mol. The molecule has 3 aromatic rings. The number of furan rings is 1. The van der Waals surface area contributed by atoms with Crippen molar-refractivity contribution in [2.24, 2.45) is 0 Å². The minimum atomic E-state index is -0.0821. The Hall–Kier alpha value is -2.63. The molecule has 0 aliphatic carbocycles. The lowest BCUT2D eigenvalue weighted by Crippen LogP contribution is -2.25. The molecule has 1 aromatic carbocycles. The lowest BCUT2D eigenvalue weighted by Gasteiger charge is -2.15.